The Bertz CT molecular complexity index is 2190. The van der Waals surface area contributed by atoms with Gasteiger partial charge < -0.3 is 20.3 Å². The van der Waals surface area contributed by atoms with Gasteiger partial charge in [-0.25, -0.2) is 0 Å². The van der Waals surface area contributed by atoms with E-state index in [2.05, 4.69) is 15.1 Å². The van der Waals surface area contributed by atoms with Gasteiger partial charge in [0.05, 0.1) is 22.4 Å². The average molecular weight is 739 g/mol. The van der Waals surface area contributed by atoms with E-state index in [1.165, 1.54) is 0 Å². The molecule has 1 saturated carbocycles. The van der Waals surface area contributed by atoms with Crippen LogP contribution < -0.4 is 20.7 Å². The summed E-state index contributed by atoms with van der Waals surface area (Å²) in [6.07, 6.45) is 4.45. The minimum absolute atomic E-state index is 0.0947. The molecular weight excluding hydrogens is 697 g/mol. The van der Waals surface area contributed by atoms with Crippen LogP contribution in [0.1, 0.15) is 81.2 Å². The molecule has 12 nitrogen and oxygen atoms in total. The zero-order chi connectivity index (χ0) is 37.8. The summed E-state index contributed by atoms with van der Waals surface area (Å²) in [5, 5.41) is 2.25. The second-order valence-electron chi connectivity index (χ2n) is 15.5. The van der Waals surface area contributed by atoms with Crippen LogP contribution in [0.3, 0.4) is 0 Å². The number of hydrogen-bond acceptors (Lipinski definition) is 9. The summed E-state index contributed by atoms with van der Waals surface area (Å²) < 4.78 is 5.96. The molecule has 4 aliphatic heterocycles. The number of nitrogens with zero attached hydrogens (tertiary/aromatic N) is 4. The van der Waals surface area contributed by atoms with E-state index in [-0.39, 0.29) is 24.7 Å². The molecule has 1 aliphatic carbocycles. The molecule has 4 fully saturated rings. The van der Waals surface area contributed by atoms with E-state index in [1.807, 2.05) is 72.8 Å². The standard InChI is InChI=1S/C43H42N6O6/c44-40(51)34-12-13-36(45-39(34)26-6-9-32(10-7-26)55-31-4-2-1-3-5-31)25-16-18-47(19-17-25)30-20-27-23-48(24-28(27)21-30)29-8-11-33-35(22-29)43(54)49(42(33)53)37-14-15-38(50)46-41(37)52/h1-13,22,25,27-28,30,37H,14-21,23-24H2,(H2,44,51)(H,46,50,52)/t27-,28+,30?,37?. The molecule has 1 aromatic heterocycles. The van der Waals surface area contributed by atoms with Crippen molar-refractivity contribution in [3.05, 3.63) is 107 Å². The zero-order valence-corrected chi connectivity index (χ0v) is 30.4. The molecule has 5 amide bonds. The van der Waals surface area contributed by atoms with E-state index in [9.17, 15) is 24.0 Å². The van der Waals surface area contributed by atoms with Gasteiger partial charge in [-0.05, 0) is 124 Å². The van der Waals surface area contributed by atoms with Crippen molar-refractivity contribution in [3.63, 3.8) is 0 Å². The van der Waals surface area contributed by atoms with Crippen LogP contribution in [0, 0.1) is 11.8 Å². The van der Waals surface area contributed by atoms with Crippen molar-refractivity contribution in [2.24, 2.45) is 17.6 Å². The summed E-state index contributed by atoms with van der Waals surface area (Å²) >= 11 is 0. The Hall–Kier alpha value is -5.88. The Morgan fingerprint density at radius 1 is 0.782 bits per heavy atom. The fourth-order valence-electron chi connectivity index (χ4n) is 9.42. The number of nitrogens with one attached hydrogen (secondary N) is 1. The monoisotopic (exact) mass is 738 g/mol. The molecule has 0 spiro atoms. The molecule has 9 rings (SSSR count). The van der Waals surface area contributed by atoms with Gasteiger partial charge in [0.2, 0.25) is 11.8 Å². The maximum atomic E-state index is 13.4. The van der Waals surface area contributed by atoms with Crippen LogP contribution in [0.2, 0.25) is 0 Å². The molecule has 4 aromatic rings. The highest BCUT2D eigenvalue weighted by Gasteiger charge is 2.46. The normalized spacial score (nSPS) is 24.2. The van der Waals surface area contributed by atoms with Crippen molar-refractivity contribution in [2.45, 2.75) is 56.5 Å². The highest BCUT2D eigenvalue weighted by Crippen LogP contribution is 2.44. The quantitative estimate of drug-likeness (QED) is 0.234. The predicted octanol–water partition coefficient (Wildman–Crippen LogP) is 5.14. The lowest BCUT2D eigenvalue weighted by Gasteiger charge is -2.36. The lowest BCUT2D eigenvalue weighted by molar-refractivity contribution is -0.136. The number of likely N-dealkylation sites (tertiary alicyclic amines) is 1. The number of hydrogen-bond donors (Lipinski definition) is 2. The molecular formula is C43H42N6O6. The summed E-state index contributed by atoms with van der Waals surface area (Å²) in [7, 11) is 0. The van der Waals surface area contributed by atoms with E-state index in [0.717, 1.165) is 79.5 Å². The third-order valence-corrected chi connectivity index (χ3v) is 12.3. The van der Waals surface area contributed by atoms with Crippen LogP contribution in [-0.4, -0.2) is 82.6 Å². The number of ether oxygens (including phenoxy) is 1. The summed E-state index contributed by atoms with van der Waals surface area (Å²) in [4.78, 5) is 74.2. The van der Waals surface area contributed by atoms with Crippen LogP contribution >= 0.6 is 0 Å². The number of primary amides is 1. The summed E-state index contributed by atoms with van der Waals surface area (Å²) in [6, 6.07) is 25.9. The first-order valence-corrected chi connectivity index (χ1v) is 19.2. The maximum Gasteiger partial charge on any atom is 0.262 e. The number of imide groups is 2. The van der Waals surface area contributed by atoms with Gasteiger partial charge >= 0.3 is 0 Å². The molecule has 5 aliphatic rings. The van der Waals surface area contributed by atoms with E-state index >= 15 is 0 Å². The Balaban J connectivity index is 0.811. The number of carbonyl (C=O) groups excluding carboxylic acids is 5. The van der Waals surface area contributed by atoms with Gasteiger partial charge in [-0.3, -0.25) is 39.2 Å². The van der Waals surface area contributed by atoms with E-state index < -0.39 is 29.7 Å². The lowest BCUT2D eigenvalue weighted by atomic mass is 9.91. The first-order valence-electron chi connectivity index (χ1n) is 19.2. The van der Waals surface area contributed by atoms with Crippen LogP contribution in [-0.2, 0) is 9.59 Å². The van der Waals surface area contributed by atoms with E-state index in [4.69, 9.17) is 15.5 Å². The SMILES string of the molecule is NC(=O)c1ccc(C2CCN(C3C[C@@H]4CN(c5ccc6c(c5)C(=O)N(C5CCC(=O)NC5=O)C6=O)C[C@@H]4C3)CC2)nc1-c1ccc(Oc2ccccc2)cc1. The number of rotatable bonds is 8. The molecule has 3 saturated heterocycles. The number of pyridine rings is 1. The zero-order valence-electron chi connectivity index (χ0n) is 30.4. The smallest absolute Gasteiger partial charge is 0.262 e. The molecule has 12 heteroatoms. The molecule has 0 radical (unpaired) electrons. The van der Waals surface area contributed by atoms with Crippen molar-refractivity contribution in [3.8, 4) is 22.8 Å². The molecule has 3 aromatic carbocycles. The van der Waals surface area contributed by atoms with Crippen LogP contribution in [0.15, 0.2) is 84.9 Å². The topological polar surface area (TPSA) is 155 Å². The van der Waals surface area contributed by atoms with Gasteiger partial charge in [-0.1, -0.05) is 18.2 Å². The van der Waals surface area contributed by atoms with Crippen LogP contribution in [0.5, 0.6) is 11.5 Å². The minimum atomic E-state index is -0.970. The molecule has 5 heterocycles. The van der Waals surface area contributed by atoms with Gasteiger partial charge in [-0.2, -0.15) is 0 Å². The Kier molecular flexibility index (Phi) is 8.92. The van der Waals surface area contributed by atoms with Crippen molar-refractivity contribution >= 4 is 35.2 Å². The summed E-state index contributed by atoms with van der Waals surface area (Å²) in [5.74, 6) is 0.368. The van der Waals surface area contributed by atoms with Gasteiger partial charge in [-0.15, -0.1) is 0 Å². The van der Waals surface area contributed by atoms with Gasteiger partial charge in [0, 0.05) is 48.4 Å². The second-order valence-corrected chi connectivity index (χ2v) is 15.5. The van der Waals surface area contributed by atoms with E-state index in [1.54, 1.807) is 12.1 Å². The number of amides is 5. The number of piperidine rings is 2. The number of benzene rings is 3. The summed E-state index contributed by atoms with van der Waals surface area (Å²) in [5.41, 5.74) is 10.1. The number of carbonyl (C=O) groups is 5. The minimum Gasteiger partial charge on any atom is -0.457 e. The third-order valence-electron chi connectivity index (χ3n) is 12.3. The van der Waals surface area contributed by atoms with Gasteiger partial charge in [0.1, 0.15) is 17.5 Å². The van der Waals surface area contributed by atoms with Crippen molar-refractivity contribution in [2.75, 3.05) is 31.1 Å². The highest BCUT2D eigenvalue weighted by atomic mass is 16.5. The number of aromatic nitrogens is 1. The molecule has 55 heavy (non-hydrogen) atoms. The second kappa shape index (κ2) is 14.1. The highest BCUT2D eigenvalue weighted by molar-refractivity contribution is 6.23. The molecule has 0 bridgehead atoms. The van der Waals surface area contributed by atoms with Crippen molar-refractivity contribution in [1.82, 2.24) is 20.1 Å². The molecule has 4 atom stereocenters. The fraction of sp³-hybridized carbons (Fsp3) is 0.349. The number of anilines is 1. The largest absolute Gasteiger partial charge is 0.457 e. The maximum absolute atomic E-state index is 13.4. The summed E-state index contributed by atoms with van der Waals surface area (Å²) in [6.45, 7) is 3.77. The first kappa shape index (κ1) is 34.9. The molecule has 2 unspecified atom stereocenters. The number of para-hydroxylation sites is 1. The number of nitrogens with two attached hydrogens (primary N) is 1. The first-order chi connectivity index (χ1) is 26.7. The Morgan fingerprint density at radius 2 is 1.47 bits per heavy atom. The average Bonchev–Trinajstić information content (AvgIpc) is 3.86. The lowest BCUT2D eigenvalue weighted by Crippen LogP contribution is -2.54. The van der Waals surface area contributed by atoms with Crippen LogP contribution in [0.4, 0.5) is 5.69 Å². The van der Waals surface area contributed by atoms with Crippen molar-refractivity contribution < 1.29 is 28.7 Å². The Labute approximate surface area is 318 Å². The molecule has 3 N–H and O–H groups in total. The number of fused-ring (bicyclic) bond motifs is 2. The molecule has 280 valence electrons. The van der Waals surface area contributed by atoms with Crippen LogP contribution in [0.25, 0.3) is 11.3 Å². The van der Waals surface area contributed by atoms with Crippen molar-refractivity contribution in [1.29, 1.82) is 0 Å². The van der Waals surface area contributed by atoms with Gasteiger partial charge in [0.15, 0.2) is 0 Å². The third kappa shape index (κ3) is 6.54. The van der Waals surface area contributed by atoms with E-state index in [0.29, 0.717) is 46.0 Å². The fourth-order valence-corrected chi connectivity index (χ4v) is 9.42. The predicted molar refractivity (Wildman–Crippen MR) is 204 cm³/mol. The Morgan fingerprint density at radius 3 is 2.16 bits per heavy atom. The van der Waals surface area contributed by atoms with Gasteiger partial charge in [0.25, 0.3) is 17.7 Å².